The molecule has 20 nitrogen and oxygen atoms in total. The predicted octanol–water partition coefficient (Wildman–Crippen LogP) is 4.99. The second-order valence-electron chi connectivity index (χ2n) is 16.0. The van der Waals surface area contributed by atoms with Gasteiger partial charge in [-0.1, -0.05) is 12.1 Å². The topological polar surface area (TPSA) is 231 Å². The highest BCUT2D eigenvalue weighted by Crippen LogP contribution is 2.41. The van der Waals surface area contributed by atoms with Crippen molar-refractivity contribution in [2.75, 3.05) is 10.6 Å². The number of imidazole rings is 2. The molecule has 330 valence electrons. The zero-order chi connectivity index (χ0) is 45.0. The molecule has 8 aromatic rings. The summed E-state index contributed by atoms with van der Waals surface area (Å²) in [6.07, 6.45) is 13.8. The number of nitrogens with one attached hydrogen (secondary N) is 4. The Morgan fingerprint density at radius 1 is 0.662 bits per heavy atom. The molecule has 1 fully saturated rings. The molecule has 3 atom stereocenters. The molecule has 1 saturated carbocycles. The number of hydrogen-bond acceptors (Lipinski definition) is 14. The summed E-state index contributed by atoms with van der Waals surface area (Å²) in [6.45, 7) is 4.78. The zero-order valence-corrected chi connectivity index (χ0v) is 36.5. The van der Waals surface area contributed by atoms with Crippen LogP contribution in [-0.4, -0.2) is 80.4 Å². The van der Waals surface area contributed by atoms with Crippen molar-refractivity contribution in [2.45, 2.75) is 57.9 Å². The van der Waals surface area contributed by atoms with Gasteiger partial charge >= 0.3 is 0 Å². The lowest BCUT2D eigenvalue weighted by molar-refractivity contribution is 0.0923. The minimum atomic E-state index is -0.422. The van der Waals surface area contributed by atoms with Crippen LogP contribution in [0.2, 0.25) is 0 Å². The highest BCUT2D eigenvalue weighted by atomic mass is 16.2. The van der Waals surface area contributed by atoms with Crippen molar-refractivity contribution in [2.24, 2.45) is 27.1 Å². The number of nitrogens with zero attached hydrogens (tertiary/aromatic N) is 14. The first-order chi connectivity index (χ1) is 31.6. The molecule has 0 aliphatic heterocycles. The average Bonchev–Trinajstić information content (AvgIpc) is 3.56. The first kappa shape index (κ1) is 42.2. The van der Waals surface area contributed by atoms with E-state index >= 15 is 0 Å². The zero-order valence-electron chi connectivity index (χ0n) is 36.5. The van der Waals surface area contributed by atoms with Crippen LogP contribution in [0.25, 0.3) is 23.0 Å². The van der Waals surface area contributed by atoms with Crippen LogP contribution in [0.15, 0.2) is 104 Å². The van der Waals surface area contributed by atoms with Crippen molar-refractivity contribution in [1.82, 2.24) is 79.2 Å². The van der Waals surface area contributed by atoms with E-state index in [4.69, 9.17) is 4.98 Å². The average molecular weight is 873 g/mol. The number of hydrogen-bond donors (Lipinski definition) is 4. The standard InChI is InChI=1S/C45H48N18O2/c1-27(54-44(64)30-8-6-10-32(20-30)49-23-37-56-58-41(61(37)4)34-14-16-46-25-52-34)40-48-18-19-63(40)28(2)36-22-51-43(60(36)3)39(29-12-13-29)55-45(65)31-9-7-11-33(21-31)50-24-38-57-59-42(62(38)5)35-15-17-47-26-53-35/h6-11,14-22,25-29,39,49-50H,12-13,23-24H2,1-5H3,(H,54,64)(H,55,65). The van der Waals surface area contributed by atoms with E-state index < -0.39 is 6.04 Å². The van der Waals surface area contributed by atoms with Gasteiger partial charge in [0.1, 0.15) is 35.7 Å². The van der Waals surface area contributed by atoms with Crippen molar-refractivity contribution in [3.8, 4) is 23.0 Å². The fourth-order valence-electron chi connectivity index (χ4n) is 7.86. The van der Waals surface area contributed by atoms with Crippen LogP contribution in [-0.2, 0) is 34.2 Å². The number of carbonyl (C=O) groups excluding carboxylic acids is 2. The van der Waals surface area contributed by atoms with Crippen molar-refractivity contribution in [3.05, 3.63) is 144 Å². The second-order valence-corrected chi connectivity index (χ2v) is 16.0. The van der Waals surface area contributed by atoms with Gasteiger partial charge in [0.15, 0.2) is 23.3 Å². The van der Waals surface area contributed by atoms with E-state index in [1.54, 1.807) is 48.9 Å². The number of benzene rings is 2. The largest absolute Gasteiger partial charge is 0.378 e. The van der Waals surface area contributed by atoms with Crippen LogP contribution < -0.4 is 21.3 Å². The summed E-state index contributed by atoms with van der Waals surface area (Å²) in [5.74, 6) is 4.01. The highest BCUT2D eigenvalue weighted by molar-refractivity contribution is 5.96. The summed E-state index contributed by atoms with van der Waals surface area (Å²) in [4.78, 5) is 53.5. The first-order valence-corrected chi connectivity index (χ1v) is 21.3. The van der Waals surface area contributed by atoms with E-state index in [0.29, 0.717) is 64.7 Å². The summed E-state index contributed by atoms with van der Waals surface area (Å²) in [5, 5.41) is 30.4. The second kappa shape index (κ2) is 18.3. The van der Waals surface area contributed by atoms with Crippen molar-refractivity contribution in [3.63, 3.8) is 0 Å². The maximum Gasteiger partial charge on any atom is 0.251 e. The van der Waals surface area contributed by atoms with Gasteiger partial charge < -0.3 is 39.5 Å². The Balaban J connectivity index is 0.828. The van der Waals surface area contributed by atoms with Crippen molar-refractivity contribution >= 4 is 23.2 Å². The third-order valence-electron chi connectivity index (χ3n) is 11.7. The SMILES string of the molecule is CC(NC(=O)c1cccc(NCc2nnc(-c3ccncn3)n2C)c1)c1nccn1C(C)c1cnc(C(NC(=O)c2cccc(NCc3nnc(-c4ccncn4)n3C)c2)C2CC2)n1C. The van der Waals surface area contributed by atoms with E-state index in [2.05, 4.69) is 78.1 Å². The Kier molecular flexibility index (Phi) is 11.9. The fraction of sp³-hybridized carbons (Fsp3) is 0.289. The van der Waals surface area contributed by atoms with Crippen LogP contribution in [0.1, 0.15) is 94.5 Å². The van der Waals surface area contributed by atoms with Crippen LogP contribution in [0.3, 0.4) is 0 Å². The van der Waals surface area contributed by atoms with Gasteiger partial charge in [-0.05, 0) is 81.1 Å². The molecule has 1 aliphatic rings. The van der Waals surface area contributed by atoms with E-state index in [1.165, 1.54) is 12.7 Å². The van der Waals surface area contributed by atoms with E-state index in [0.717, 1.165) is 35.7 Å². The molecule has 0 radical (unpaired) electrons. The summed E-state index contributed by atoms with van der Waals surface area (Å²) in [5.41, 5.74) is 4.85. The van der Waals surface area contributed by atoms with Gasteiger partial charge in [0.25, 0.3) is 11.8 Å². The molecule has 20 heteroatoms. The minimum Gasteiger partial charge on any atom is -0.378 e. The quantitative estimate of drug-likeness (QED) is 0.0945. The van der Waals surface area contributed by atoms with Gasteiger partial charge in [0.05, 0.1) is 43.1 Å². The van der Waals surface area contributed by atoms with Crippen LogP contribution in [0.5, 0.6) is 0 Å². The fourth-order valence-corrected chi connectivity index (χ4v) is 7.86. The van der Waals surface area contributed by atoms with Gasteiger partial charge in [-0.25, -0.2) is 29.9 Å². The number of aromatic nitrogens is 14. The van der Waals surface area contributed by atoms with Gasteiger partial charge in [0, 0.05) is 68.4 Å². The monoisotopic (exact) mass is 872 g/mol. The van der Waals surface area contributed by atoms with E-state index in [-0.39, 0.29) is 29.8 Å². The lowest BCUT2D eigenvalue weighted by Gasteiger charge is -2.23. The Morgan fingerprint density at radius 2 is 1.23 bits per heavy atom. The molecule has 9 rings (SSSR count). The third-order valence-corrected chi connectivity index (χ3v) is 11.7. The molecular weight excluding hydrogens is 825 g/mol. The van der Waals surface area contributed by atoms with Crippen molar-refractivity contribution in [1.29, 1.82) is 0 Å². The molecule has 3 unspecified atom stereocenters. The lowest BCUT2D eigenvalue weighted by Crippen LogP contribution is -2.32. The summed E-state index contributed by atoms with van der Waals surface area (Å²) >= 11 is 0. The molecule has 0 bridgehead atoms. The minimum absolute atomic E-state index is 0.186. The molecule has 6 aromatic heterocycles. The normalized spacial score (nSPS) is 13.8. The number of amides is 2. The molecule has 2 aromatic carbocycles. The van der Waals surface area contributed by atoms with Gasteiger partial charge in [-0.3, -0.25) is 9.59 Å². The van der Waals surface area contributed by atoms with Crippen molar-refractivity contribution < 1.29 is 9.59 Å². The summed E-state index contributed by atoms with van der Waals surface area (Å²) < 4.78 is 7.85. The number of anilines is 2. The lowest BCUT2D eigenvalue weighted by atomic mass is 10.1. The molecule has 4 N–H and O–H groups in total. The maximum absolute atomic E-state index is 13.8. The number of rotatable bonds is 17. The molecule has 1 aliphatic carbocycles. The predicted molar refractivity (Wildman–Crippen MR) is 240 cm³/mol. The first-order valence-electron chi connectivity index (χ1n) is 21.3. The molecule has 0 saturated heterocycles. The molecule has 65 heavy (non-hydrogen) atoms. The van der Waals surface area contributed by atoms with Gasteiger partial charge in [-0.15, -0.1) is 20.4 Å². The number of carbonyl (C=O) groups is 2. The van der Waals surface area contributed by atoms with Gasteiger partial charge in [0.2, 0.25) is 0 Å². The van der Waals surface area contributed by atoms with Gasteiger partial charge in [-0.2, -0.15) is 0 Å². The smallest absolute Gasteiger partial charge is 0.251 e. The summed E-state index contributed by atoms with van der Waals surface area (Å²) in [6, 6.07) is 17.4. The van der Waals surface area contributed by atoms with E-state index in [1.807, 2.05) is 84.5 Å². The Morgan fingerprint density at radius 3 is 1.77 bits per heavy atom. The Bertz CT molecular complexity index is 2930. The third kappa shape index (κ3) is 9.04. The maximum atomic E-state index is 13.8. The van der Waals surface area contributed by atoms with Crippen LogP contribution >= 0.6 is 0 Å². The Hall–Kier alpha value is -8.16. The molecule has 2 amide bonds. The highest BCUT2D eigenvalue weighted by Gasteiger charge is 2.37. The van der Waals surface area contributed by atoms with E-state index in [9.17, 15) is 9.59 Å². The van der Waals surface area contributed by atoms with Crippen LogP contribution in [0.4, 0.5) is 11.4 Å². The molecular formula is C45H48N18O2. The summed E-state index contributed by atoms with van der Waals surface area (Å²) in [7, 11) is 5.75. The molecule has 6 heterocycles. The van der Waals surface area contributed by atoms with Crippen LogP contribution in [0, 0.1) is 5.92 Å². The molecule has 0 spiro atoms. The Labute approximate surface area is 374 Å².